The molecule has 0 unspecified atom stereocenters. The van der Waals surface area contributed by atoms with Crippen molar-refractivity contribution in [1.82, 2.24) is 0 Å². The van der Waals surface area contributed by atoms with Crippen LogP contribution in [-0.2, 0) is 9.53 Å². The molecule has 0 N–H and O–H groups in total. The molecule has 1 aromatic rings. The summed E-state index contributed by atoms with van der Waals surface area (Å²) in [7, 11) is 3.97. The lowest BCUT2D eigenvalue weighted by atomic mass is 10.2. The Bertz CT molecular complexity index is 410. The van der Waals surface area contributed by atoms with Crippen LogP contribution in [0.5, 0.6) is 0 Å². The highest BCUT2D eigenvalue weighted by Gasteiger charge is 2.06. The highest BCUT2D eigenvalue weighted by molar-refractivity contribution is 9.12. The van der Waals surface area contributed by atoms with E-state index in [4.69, 9.17) is 4.74 Å². The largest absolute Gasteiger partial charge is 0.462 e. The van der Waals surface area contributed by atoms with Crippen molar-refractivity contribution in [3.63, 3.8) is 0 Å². The number of benzene rings is 1. The van der Waals surface area contributed by atoms with Crippen LogP contribution < -0.4 is 4.90 Å². The van der Waals surface area contributed by atoms with Crippen LogP contribution in [0.1, 0.15) is 12.5 Å². The summed E-state index contributed by atoms with van der Waals surface area (Å²) < 4.78 is 5.30. The molecule has 0 saturated carbocycles. The quantitative estimate of drug-likeness (QED) is 0.632. The monoisotopic (exact) mass is 297 g/mol. The maximum absolute atomic E-state index is 11.4. The molecule has 3 nitrogen and oxygen atoms in total. The first kappa shape index (κ1) is 13.8. The Kier molecular flexibility index (Phi) is 5.22. The van der Waals surface area contributed by atoms with E-state index in [1.807, 2.05) is 43.3 Å². The van der Waals surface area contributed by atoms with Gasteiger partial charge in [0.25, 0.3) is 0 Å². The van der Waals surface area contributed by atoms with Crippen molar-refractivity contribution in [3.8, 4) is 0 Å². The molecule has 0 amide bonds. The first-order valence-electron chi connectivity index (χ1n) is 5.36. The van der Waals surface area contributed by atoms with Gasteiger partial charge in [0.1, 0.15) is 4.48 Å². The summed E-state index contributed by atoms with van der Waals surface area (Å²) in [5.41, 5.74) is 2.07. The van der Waals surface area contributed by atoms with E-state index in [-0.39, 0.29) is 5.97 Å². The Morgan fingerprint density at radius 3 is 2.41 bits per heavy atom. The summed E-state index contributed by atoms with van der Waals surface area (Å²) >= 11 is 3.20. The lowest BCUT2D eigenvalue weighted by Gasteiger charge is -2.11. The smallest absolute Gasteiger partial charge is 0.345 e. The molecule has 0 atom stereocenters. The Morgan fingerprint density at radius 1 is 1.35 bits per heavy atom. The fourth-order valence-corrected chi connectivity index (χ4v) is 1.65. The predicted octanol–water partition coefficient (Wildman–Crippen LogP) is 3.05. The third-order valence-corrected chi connectivity index (χ3v) is 2.73. The molecule has 1 aromatic carbocycles. The highest BCUT2D eigenvalue weighted by Crippen LogP contribution is 2.17. The molecule has 0 bridgehead atoms. The van der Waals surface area contributed by atoms with Gasteiger partial charge >= 0.3 is 5.97 Å². The zero-order chi connectivity index (χ0) is 12.8. The summed E-state index contributed by atoms with van der Waals surface area (Å²) in [6.45, 7) is 2.16. The van der Waals surface area contributed by atoms with Gasteiger partial charge < -0.3 is 9.64 Å². The fraction of sp³-hybridized carbons (Fsp3) is 0.308. The summed E-state index contributed by atoms with van der Waals surface area (Å²) in [6, 6.07) is 7.90. The second-order valence-corrected chi connectivity index (χ2v) is 4.55. The zero-order valence-corrected chi connectivity index (χ0v) is 11.8. The number of carbonyl (C=O) groups excluding carboxylic acids is 1. The van der Waals surface area contributed by atoms with Crippen LogP contribution in [0.15, 0.2) is 28.7 Å². The van der Waals surface area contributed by atoms with Gasteiger partial charge in [-0.05, 0) is 46.6 Å². The molecule has 0 aliphatic heterocycles. The van der Waals surface area contributed by atoms with Crippen LogP contribution in [0, 0.1) is 0 Å². The van der Waals surface area contributed by atoms with E-state index in [0.717, 1.165) is 11.3 Å². The Balaban J connectivity index is 2.80. The van der Waals surface area contributed by atoms with E-state index in [1.54, 1.807) is 13.0 Å². The average molecular weight is 298 g/mol. The fourth-order valence-electron chi connectivity index (χ4n) is 1.27. The number of rotatable bonds is 4. The topological polar surface area (TPSA) is 29.5 Å². The van der Waals surface area contributed by atoms with Crippen LogP contribution in [0.3, 0.4) is 0 Å². The van der Waals surface area contributed by atoms with Gasteiger partial charge in [-0.2, -0.15) is 0 Å². The van der Waals surface area contributed by atoms with Crippen molar-refractivity contribution < 1.29 is 9.53 Å². The zero-order valence-electron chi connectivity index (χ0n) is 10.2. The van der Waals surface area contributed by atoms with Crippen molar-refractivity contribution >= 4 is 33.7 Å². The average Bonchev–Trinajstić information content (AvgIpc) is 2.30. The first-order valence-corrected chi connectivity index (χ1v) is 6.15. The van der Waals surface area contributed by atoms with Gasteiger partial charge in [0.05, 0.1) is 6.61 Å². The minimum absolute atomic E-state index is 0.343. The minimum atomic E-state index is -0.343. The SMILES string of the molecule is CCOC(=O)/C(Br)=C/c1ccc(N(C)C)cc1. The van der Waals surface area contributed by atoms with E-state index in [0.29, 0.717) is 11.1 Å². The first-order chi connectivity index (χ1) is 8.04. The third-order valence-electron chi connectivity index (χ3n) is 2.17. The van der Waals surface area contributed by atoms with Gasteiger partial charge in [0, 0.05) is 19.8 Å². The molecule has 0 aromatic heterocycles. The molecule has 0 aliphatic rings. The molecule has 0 fully saturated rings. The van der Waals surface area contributed by atoms with Gasteiger partial charge in [-0.3, -0.25) is 0 Å². The van der Waals surface area contributed by atoms with Crippen LogP contribution in [0.4, 0.5) is 5.69 Å². The molecule has 17 heavy (non-hydrogen) atoms. The standard InChI is InChI=1S/C13H16BrNO2/c1-4-17-13(16)12(14)9-10-5-7-11(8-6-10)15(2)3/h5-9H,4H2,1-3H3/b12-9-. The van der Waals surface area contributed by atoms with E-state index < -0.39 is 0 Å². The van der Waals surface area contributed by atoms with E-state index in [9.17, 15) is 4.79 Å². The number of nitrogens with zero attached hydrogens (tertiary/aromatic N) is 1. The van der Waals surface area contributed by atoms with E-state index in [1.165, 1.54) is 0 Å². The Morgan fingerprint density at radius 2 is 1.94 bits per heavy atom. The van der Waals surface area contributed by atoms with Gasteiger partial charge in [0.2, 0.25) is 0 Å². The molecule has 0 radical (unpaired) electrons. The van der Waals surface area contributed by atoms with Crippen molar-refractivity contribution in [2.24, 2.45) is 0 Å². The summed E-state index contributed by atoms with van der Waals surface area (Å²) in [5.74, 6) is -0.343. The molecular weight excluding hydrogens is 282 g/mol. The van der Waals surface area contributed by atoms with Gasteiger partial charge in [-0.1, -0.05) is 12.1 Å². The minimum Gasteiger partial charge on any atom is -0.462 e. The number of hydrogen-bond donors (Lipinski definition) is 0. The number of halogens is 1. The van der Waals surface area contributed by atoms with Crippen molar-refractivity contribution in [1.29, 1.82) is 0 Å². The maximum Gasteiger partial charge on any atom is 0.345 e. The second kappa shape index (κ2) is 6.45. The van der Waals surface area contributed by atoms with Crippen LogP contribution in [0.2, 0.25) is 0 Å². The number of hydrogen-bond acceptors (Lipinski definition) is 3. The summed E-state index contributed by atoms with van der Waals surface area (Å²) in [5, 5.41) is 0. The van der Waals surface area contributed by atoms with Crippen LogP contribution in [-0.4, -0.2) is 26.7 Å². The third kappa shape index (κ3) is 4.23. The number of ether oxygens (including phenoxy) is 1. The van der Waals surface area contributed by atoms with Crippen molar-refractivity contribution in [2.45, 2.75) is 6.92 Å². The molecule has 92 valence electrons. The number of esters is 1. The molecule has 0 heterocycles. The highest BCUT2D eigenvalue weighted by atomic mass is 79.9. The van der Waals surface area contributed by atoms with Crippen LogP contribution >= 0.6 is 15.9 Å². The molecule has 4 heteroatoms. The molecule has 0 spiro atoms. The molecule has 0 saturated heterocycles. The lowest BCUT2D eigenvalue weighted by Crippen LogP contribution is -2.08. The maximum atomic E-state index is 11.4. The Labute approximate surface area is 110 Å². The van der Waals surface area contributed by atoms with Gasteiger partial charge in [0.15, 0.2) is 0 Å². The lowest BCUT2D eigenvalue weighted by molar-refractivity contribution is -0.137. The van der Waals surface area contributed by atoms with Crippen LogP contribution in [0.25, 0.3) is 6.08 Å². The van der Waals surface area contributed by atoms with Gasteiger partial charge in [-0.25, -0.2) is 4.79 Å². The van der Waals surface area contributed by atoms with Crippen molar-refractivity contribution in [2.75, 3.05) is 25.6 Å². The molecule has 1 rings (SSSR count). The van der Waals surface area contributed by atoms with Crippen molar-refractivity contribution in [3.05, 3.63) is 34.3 Å². The number of anilines is 1. The molecular formula is C13H16BrNO2. The predicted molar refractivity (Wildman–Crippen MR) is 74.3 cm³/mol. The normalized spacial score (nSPS) is 11.2. The summed E-state index contributed by atoms with van der Waals surface area (Å²) in [6.07, 6.45) is 1.75. The molecule has 0 aliphatic carbocycles. The van der Waals surface area contributed by atoms with E-state index >= 15 is 0 Å². The van der Waals surface area contributed by atoms with Gasteiger partial charge in [-0.15, -0.1) is 0 Å². The number of carbonyl (C=O) groups is 1. The second-order valence-electron chi connectivity index (χ2n) is 3.70. The van der Waals surface area contributed by atoms with E-state index in [2.05, 4.69) is 15.9 Å². The summed E-state index contributed by atoms with van der Waals surface area (Å²) in [4.78, 5) is 13.4. The Hall–Kier alpha value is -1.29.